The van der Waals surface area contributed by atoms with Gasteiger partial charge in [0, 0.05) is 18.8 Å². The summed E-state index contributed by atoms with van der Waals surface area (Å²) in [6.07, 6.45) is 3.32. The van der Waals surface area contributed by atoms with Crippen molar-refractivity contribution >= 4 is 5.69 Å². The van der Waals surface area contributed by atoms with Gasteiger partial charge in [-0.1, -0.05) is 0 Å². The van der Waals surface area contributed by atoms with Crippen LogP contribution in [0.5, 0.6) is 5.75 Å². The number of phenolic OH excluding ortho intramolecular Hbond substituents is 1. The lowest BCUT2D eigenvalue weighted by atomic mass is 10.2. The fourth-order valence-electron chi connectivity index (χ4n) is 1.29. The Labute approximate surface area is 85.8 Å². The van der Waals surface area contributed by atoms with Crippen molar-refractivity contribution in [1.82, 2.24) is 10.2 Å². The quantitative estimate of drug-likeness (QED) is 0.720. The summed E-state index contributed by atoms with van der Waals surface area (Å²) in [5.74, 6) is -0.516. The number of hydrogen-bond acceptors (Lipinski definition) is 3. The van der Waals surface area contributed by atoms with Gasteiger partial charge in [0.15, 0.2) is 0 Å². The van der Waals surface area contributed by atoms with Crippen molar-refractivity contribution < 1.29 is 9.50 Å². The number of aromatic amines is 1. The number of hydrogen-bond donors (Lipinski definition) is 3. The molecule has 0 saturated carbocycles. The first-order chi connectivity index (χ1) is 7.24. The van der Waals surface area contributed by atoms with Gasteiger partial charge in [0.25, 0.3) is 0 Å². The van der Waals surface area contributed by atoms with Gasteiger partial charge in [-0.25, -0.2) is 4.39 Å². The number of aromatic nitrogens is 2. The fraction of sp³-hybridized carbons (Fsp3) is 0.100. The van der Waals surface area contributed by atoms with E-state index in [0.29, 0.717) is 12.1 Å². The van der Waals surface area contributed by atoms with Gasteiger partial charge in [-0.3, -0.25) is 5.10 Å². The maximum Gasteiger partial charge on any atom is 0.127 e. The number of aromatic hydroxyl groups is 1. The number of rotatable bonds is 3. The summed E-state index contributed by atoms with van der Waals surface area (Å²) in [5.41, 5.74) is 1.49. The summed E-state index contributed by atoms with van der Waals surface area (Å²) in [4.78, 5) is 0. The van der Waals surface area contributed by atoms with Crippen LogP contribution in [0.4, 0.5) is 10.1 Å². The van der Waals surface area contributed by atoms with E-state index in [4.69, 9.17) is 5.11 Å². The summed E-state index contributed by atoms with van der Waals surface area (Å²) in [7, 11) is 0. The van der Waals surface area contributed by atoms with Crippen molar-refractivity contribution in [2.45, 2.75) is 6.54 Å². The van der Waals surface area contributed by atoms with Gasteiger partial charge < -0.3 is 10.4 Å². The van der Waals surface area contributed by atoms with E-state index in [2.05, 4.69) is 15.5 Å². The fourth-order valence-corrected chi connectivity index (χ4v) is 1.29. The van der Waals surface area contributed by atoms with E-state index < -0.39 is 5.82 Å². The molecule has 0 spiro atoms. The molecule has 0 atom stereocenters. The second-order valence-corrected chi connectivity index (χ2v) is 3.16. The van der Waals surface area contributed by atoms with Crippen LogP contribution in [0, 0.1) is 5.82 Å². The van der Waals surface area contributed by atoms with Crippen LogP contribution in [0.3, 0.4) is 0 Å². The molecule has 0 radical (unpaired) electrons. The topological polar surface area (TPSA) is 60.9 Å². The average Bonchev–Trinajstić information content (AvgIpc) is 2.65. The Balaban J connectivity index is 2.05. The number of H-pyrrole nitrogens is 1. The molecule has 2 rings (SSSR count). The molecular weight excluding hydrogens is 197 g/mol. The van der Waals surface area contributed by atoms with Crippen molar-refractivity contribution in [3.8, 4) is 5.75 Å². The van der Waals surface area contributed by atoms with Gasteiger partial charge in [0.1, 0.15) is 11.6 Å². The van der Waals surface area contributed by atoms with E-state index in [-0.39, 0.29) is 5.75 Å². The predicted molar refractivity (Wildman–Crippen MR) is 54.0 cm³/mol. The molecule has 0 aliphatic rings. The Morgan fingerprint density at radius 1 is 1.40 bits per heavy atom. The third-order valence-corrected chi connectivity index (χ3v) is 1.94. The van der Waals surface area contributed by atoms with Crippen LogP contribution < -0.4 is 5.32 Å². The van der Waals surface area contributed by atoms with E-state index in [9.17, 15) is 4.39 Å². The lowest BCUT2D eigenvalue weighted by molar-refractivity contribution is 0.468. The minimum absolute atomic E-state index is 0.0704. The molecule has 1 heterocycles. The van der Waals surface area contributed by atoms with Gasteiger partial charge in [-0.05, 0) is 17.7 Å². The molecule has 78 valence electrons. The van der Waals surface area contributed by atoms with Crippen molar-refractivity contribution in [1.29, 1.82) is 0 Å². The van der Waals surface area contributed by atoms with Crippen molar-refractivity contribution in [3.05, 3.63) is 42.0 Å². The number of phenols is 1. The molecule has 3 N–H and O–H groups in total. The molecule has 0 aliphatic heterocycles. The number of nitrogens with one attached hydrogen (secondary N) is 2. The molecule has 0 fully saturated rings. The lowest BCUT2D eigenvalue weighted by Gasteiger charge is -2.04. The SMILES string of the molecule is Oc1cc(F)cc(CNc2cn[nH]c2)c1. The molecule has 15 heavy (non-hydrogen) atoms. The van der Waals surface area contributed by atoms with Crippen LogP contribution in [-0.4, -0.2) is 15.3 Å². The Kier molecular flexibility index (Phi) is 2.53. The van der Waals surface area contributed by atoms with Gasteiger partial charge in [0.2, 0.25) is 0 Å². The molecule has 4 nitrogen and oxygen atoms in total. The highest BCUT2D eigenvalue weighted by molar-refractivity contribution is 5.39. The first kappa shape index (κ1) is 9.51. The van der Waals surface area contributed by atoms with Gasteiger partial charge >= 0.3 is 0 Å². The predicted octanol–water partition coefficient (Wildman–Crippen LogP) is 1.87. The van der Waals surface area contributed by atoms with Crippen LogP contribution in [0.15, 0.2) is 30.6 Å². The molecule has 0 aliphatic carbocycles. The number of anilines is 1. The Morgan fingerprint density at radius 2 is 2.27 bits per heavy atom. The summed E-state index contributed by atoms with van der Waals surface area (Å²) in [6.45, 7) is 0.435. The minimum atomic E-state index is -0.445. The molecule has 1 aromatic carbocycles. The monoisotopic (exact) mass is 207 g/mol. The van der Waals surface area contributed by atoms with E-state index in [1.54, 1.807) is 12.4 Å². The van der Waals surface area contributed by atoms with Gasteiger partial charge in [-0.2, -0.15) is 5.10 Å². The van der Waals surface area contributed by atoms with Crippen molar-refractivity contribution in [2.75, 3.05) is 5.32 Å². The maximum absolute atomic E-state index is 12.9. The standard InChI is InChI=1S/C10H10FN3O/c11-8-1-7(2-10(15)3-8)4-12-9-5-13-14-6-9/h1-3,5-6,12,15H,4H2,(H,13,14). The highest BCUT2D eigenvalue weighted by atomic mass is 19.1. The molecule has 0 unspecified atom stereocenters. The van der Waals surface area contributed by atoms with Gasteiger partial charge in [0.05, 0.1) is 11.9 Å². The van der Waals surface area contributed by atoms with E-state index >= 15 is 0 Å². The summed E-state index contributed by atoms with van der Waals surface area (Å²) < 4.78 is 12.9. The minimum Gasteiger partial charge on any atom is -0.508 e. The third-order valence-electron chi connectivity index (χ3n) is 1.94. The van der Waals surface area contributed by atoms with E-state index in [1.165, 1.54) is 12.1 Å². The number of nitrogens with zero attached hydrogens (tertiary/aromatic N) is 1. The average molecular weight is 207 g/mol. The first-order valence-corrected chi connectivity index (χ1v) is 4.45. The van der Waals surface area contributed by atoms with Crippen molar-refractivity contribution in [3.63, 3.8) is 0 Å². The lowest BCUT2D eigenvalue weighted by Crippen LogP contribution is -1.98. The smallest absolute Gasteiger partial charge is 0.127 e. The molecule has 5 heteroatoms. The summed E-state index contributed by atoms with van der Waals surface area (Å²) >= 11 is 0. The van der Waals surface area contributed by atoms with Crippen molar-refractivity contribution in [2.24, 2.45) is 0 Å². The third kappa shape index (κ3) is 2.46. The van der Waals surface area contributed by atoms with Crippen LogP contribution in [-0.2, 0) is 6.54 Å². The largest absolute Gasteiger partial charge is 0.508 e. The molecule has 0 saturated heterocycles. The second kappa shape index (κ2) is 4.00. The zero-order valence-electron chi connectivity index (χ0n) is 7.87. The van der Waals surface area contributed by atoms with E-state index in [0.717, 1.165) is 11.8 Å². The molecular formula is C10H10FN3O. The first-order valence-electron chi connectivity index (χ1n) is 4.45. The van der Waals surface area contributed by atoms with Crippen LogP contribution >= 0.6 is 0 Å². The van der Waals surface area contributed by atoms with Crippen LogP contribution in [0.2, 0.25) is 0 Å². The Morgan fingerprint density at radius 3 is 2.93 bits per heavy atom. The summed E-state index contributed by atoms with van der Waals surface area (Å²) in [6, 6.07) is 3.95. The highest BCUT2D eigenvalue weighted by Crippen LogP contribution is 2.15. The zero-order valence-corrected chi connectivity index (χ0v) is 7.87. The normalized spacial score (nSPS) is 10.2. The van der Waals surface area contributed by atoms with E-state index in [1.807, 2.05) is 0 Å². The Bertz CT molecular complexity index is 422. The second-order valence-electron chi connectivity index (χ2n) is 3.16. The van der Waals surface area contributed by atoms with Crippen LogP contribution in [0.1, 0.15) is 5.56 Å². The maximum atomic E-state index is 12.9. The zero-order chi connectivity index (χ0) is 10.7. The molecule has 1 aromatic heterocycles. The molecule has 0 amide bonds. The summed E-state index contributed by atoms with van der Waals surface area (Å²) in [5, 5.41) is 18.6. The molecule has 2 aromatic rings. The van der Waals surface area contributed by atoms with Gasteiger partial charge in [-0.15, -0.1) is 0 Å². The van der Waals surface area contributed by atoms with Crippen LogP contribution in [0.25, 0.3) is 0 Å². The molecule has 0 bridgehead atoms. The number of halogens is 1. The highest BCUT2D eigenvalue weighted by Gasteiger charge is 2.00. The Hall–Kier alpha value is -2.04. The number of benzene rings is 1.